The van der Waals surface area contributed by atoms with Gasteiger partial charge in [0.25, 0.3) is 10.9 Å². The maximum Gasteiger partial charge on any atom is 0.280 e. The van der Waals surface area contributed by atoms with Gasteiger partial charge in [-0.2, -0.15) is 0 Å². The molecule has 7 nitrogen and oxygen atoms in total. The fraction of sp³-hybridized carbons (Fsp3) is 0.0952. The highest BCUT2D eigenvalue weighted by Crippen LogP contribution is 2.40. The van der Waals surface area contributed by atoms with Crippen LogP contribution >= 0.6 is 10.5 Å². The minimum Gasteiger partial charge on any atom is -0.489 e. The van der Waals surface area contributed by atoms with Crippen LogP contribution in [0.3, 0.4) is 0 Å². The molecule has 29 heavy (non-hydrogen) atoms. The molecule has 0 aliphatic carbocycles. The number of imide groups is 1. The second-order valence-corrected chi connectivity index (χ2v) is 8.27. The molecular formula is C21H16N2O5S. The Morgan fingerprint density at radius 3 is 2.55 bits per heavy atom. The maximum absolute atomic E-state index is 12.0. The first-order valence-electron chi connectivity index (χ1n) is 8.70. The summed E-state index contributed by atoms with van der Waals surface area (Å²) in [7, 11) is -0.936. The molecule has 3 aromatic carbocycles. The van der Waals surface area contributed by atoms with Crippen molar-refractivity contribution in [1.29, 1.82) is 0 Å². The summed E-state index contributed by atoms with van der Waals surface area (Å²) in [6.07, 6.45) is 0. The van der Waals surface area contributed by atoms with E-state index < -0.39 is 20.7 Å². The number of ether oxygens (including phenoxy) is 1. The Morgan fingerprint density at radius 2 is 1.83 bits per heavy atom. The Labute approximate surface area is 168 Å². The molecule has 2 unspecified atom stereocenters. The van der Waals surface area contributed by atoms with E-state index in [0.29, 0.717) is 11.3 Å². The number of hydrogen-bond donors (Lipinski definition) is 1. The minimum atomic E-state index is -0.936. The van der Waals surface area contributed by atoms with Crippen molar-refractivity contribution in [2.45, 2.75) is 11.9 Å². The van der Waals surface area contributed by atoms with E-state index in [1.165, 1.54) is 12.1 Å². The largest absolute Gasteiger partial charge is 0.489 e. The van der Waals surface area contributed by atoms with Gasteiger partial charge in [-0.25, -0.2) is 0 Å². The quantitative estimate of drug-likeness (QED) is 0.385. The zero-order chi connectivity index (χ0) is 20.5. The summed E-state index contributed by atoms with van der Waals surface area (Å²) < 4.78 is 5.77. The predicted octanol–water partition coefficient (Wildman–Crippen LogP) is 4.32. The molecule has 1 aliphatic rings. The Morgan fingerprint density at radius 1 is 1.07 bits per heavy atom. The molecule has 0 bridgehead atoms. The van der Waals surface area contributed by atoms with Crippen molar-refractivity contribution in [1.82, 2.24) is 5.32 Å². The van der Waals surface area contributed by atoms with Crippen LogP contribution in [0.15, 0.2) is 60.7 Å². The van der Waals surface area contributed by atoms with Crippen LogP contribution in [-0.4, -0.2) is 21.9 Å². The van der Waals surface area contributed by atoms with Crippen molar-refractivity contribution >= 4 is 44.0 Å². The van der Waals surface area contributed by atoms with E-state index in [2.05, 4.69) is 11.2 Å². The first kappa shape index (κ1) is 18.8. The molecule has 0 radical (unpaired) electrons. The normalized spacial score (nSPS) is 18.6. The average Bonchev–Trinajstić information content (AvgIpc) is 2.97. The first-order chi connectivity index (χ1) is 13.9. The molecule has 2 atom stereocenters. The van der Waals surface area contributed by atoms with Crippen molar-refractivity contribution in [3.05, 3.63) is 81.9 Å². The van der Waals surface area contributed by atoms with Crippen LogP contribution < -0.4 is 10.1 Å². The number of nitrogens with one attached hydrogen (secondary N) is 1. The standard InChI is InChI=1S/C21H16N2O5S/c1-29-19(20(24)22-21(29)25)16-6-5-15-11-18(8-7-14(15)10-16)28-12-13-3-2-4-17(9-13)23(26)27/h2-11,19H,1,12H2,(H,22,24,25). The molecule has 3 aromatic rings. The van der Waals surface area contributed by atoms with E-state index in [-0.39, 0.29) is 23.4 Å². The summed E-state index contributed by atoms with van der Waals surface area (Å²) in [6, 6.07) is 17.4. The van der Waals surface area contributed by atoms with Gasteiger partial charge in [-0.1, -0.05) is 46.7 Å². The van der Waals surface area contributed by atoms with Crippen LogP contribution in [-0.2, 0) is 11.4 Å². The van der Waals surface area contributed by atoms with Crippen molar-refractivity contribution < 1.29 is 19.2 Å². The fourth-order valence-electron chi connectivity index (χ4n) is 3.21. The summed E-state index contributed by atoms with van der Waals surface area (Å²) in [5.74, 6) is 4.14. The van der Waals surface area contributed by atoms with Crippen LogP contribution in [0.25, 0.3) is 10.8 Å². The molecule has 1 fully saturated rings. The summed E-state index contributed by atoms with van der Waals surface area (Å²) in [4.78, 5) is 34.2. The molecule has 0 aromatic heterocycles. The smallest absolute Gasteiger partial charge is 0.280 e. The molecule has 0 spiro atoms. The fourth-order valence-corrected chi connectivity index (χ4v) is 4.44. The van der Waals surface area contributed by atoms with Gasteiger partial charge in [-0.15, -0.1) is 0 Å². The first-order valence-corrected chi connectivity index (χ1v) is 10.2. The summed E-state index contributed by atoms with van der Waals surface area (Å²) >= 11 is 0. The number of amides is 2. The number of hydrogen-bond acceptors (Lipinski definition) is 5. The number of carbonyl (C=O) groups excluding carboxylic acids is 2. The monoisotopic (exact) mass is 408 g/mol. The number of nitrogens with zero attached hydrogens (tertiary/aromatic N) is 1. The van der Waals surface area contributed by atoms with E-state index in [0.717, 1.165) is 16.3 Å². The molecule has 8 heteroatoms. The van der Waals surface area contributed by atoms with Crippen molar-refractivity contribution in [3.8, 4) is 5.75 Å². The third-order valence-corrected chi connectivity index (χ3v) is 6.29. The molecule has 2 amide bonds. The zero-order valence-corrected chi connectivity index (χ0v) is 16.0. The highest BCUT2D eigenvalue weighted by Gasteiger charge is 2.35. The number of carbonyl (C=O) groups is 2. The predicted molar refractivity (Wildman–Crippen MR) is 112 cm³/mol. The lowest BCUT2D eigenvalue weighted by Gasteiger charge is -2.11. The Hall–Kier alpha value is -3.52. The lowest BCUT2D eigenvalue weighted by atomic mass is 10.0. The lowest BCUT2D eigenvalue weighted by molar-refractivity contribution is -0.384. The molecule has 4 rings (SSSR count). The molecule has 1 heterocycles. The van der Waals surface area contributed by atoms with Gasteiger partial charge in [0.2, 0.25) is 5.91 Å². The van der Waals surface area contributed by atoms with Gasteiger partial charge >= 0.3 is 0 Å². The number of benzene rings is 3. The van der Waals surface area contributed by atoms with Crippen molar-refractivity contribution in [2.24, 2.45) is 0 Å². The lowest BCUT2D eigenvalue weighted by Crippen LogP contribution is -2.20. The molecule has 1 N–H and O–H groups in total. The van der Waals surface area contributed by atoms with E-state index in [1.807, 2.05) is 30.3 Å². The minimum absolute atomic E-state index is 0.0241. The molecule has 0 saturated carbocycles. The van der Waals surface area contributed by atoms with E-state index >= 15 is 0 Å². The topological polar surface area (TPSA) is 98.5 Å². The van der Waals surface area contributed by atoms with Gasteiger partial charge in [-0.05, 0) is 40.1 Å². The van der Waals surface area contributed by atoms with Crippen LogP contribution in [0.2, 0.25) is 0 Å². The molecule has 146 valence electrons. The summed E-state index contributed by atoms with van der Waals surface area (Å²) in [5, 5.41) is 14.1. The third kappa shape index (κ3) is 3.74. The molecular weight excluding hydrogens is 392 g/mol. The van der Waals surface area contributed by atoms with Gasteiger partial charge in [0.05, 0.1) is 4.92 Å². The van der Waals surface area contributed by atoms with Gasteiger partial charge in [0.15, 0.2) is 0 Å². The van der Waals surface area contributed by atoms with Crippen LogP contribution in [0, 0.1) is 10.1 Å². The zero-order valence-electron chi connectivity index (χ0n) is 15.2. The van der Waals surface area contributed by atoms with Gasteiger partial charge in [-0.3, -0.25) is 25.0 Å². The van der Waals surface area contributed by atoms with Crippen molar-refractivity contribution in [2.75, 3.05) is 0 Å². The average molecular weight is 408 g/mol. The Balaban J connectivity index is 1.54. The Bertz CT molecular complexity index is 1190. The summed E-state index contributed by atoms with van der Waals surface area (Å²) in [5.41, 5.74) is 1.48. The molecule has 1 saturated heterocycles. The maximum atomic E-state index is 12.0. The number of non-ortho nitro benzene ring substituents is 1. The van der Waals surface area contributed by atoms with Crippen LogP contribution in [0.4, 0.5) is 10.5 Å². The van der Waals surface area contributed by atoms with Crippen LogP contribution in [0.5, 0.6) is 5.75 Å². The number of rotatable bonds is 5. The Kier molecular flexibility index (Phi) is 4.85. The number of nitro benzene ring substituents is 1. The van der Waals surface area contributed by atoms with Crippen LogP contribution in [0.1, 0.15) is 16.4 Å². The van der Waals surface area contributed by atoms with E-state index in [1.54, 1.807) is 18.2 Å². The highest BCUT2D eigenvalue weighted by molar-refractivity contribution is 8.28. The summed E-state index contributed by atoms with van der Waals surface area (Å²) in [6.45, 7) is 0.208. The van der Waals surface area contributed by atoms with Gasteiger partial charge in [0.1, 0.15) is 17.6 Å². The SMILES string of the molecule is C=S1C(=O)NC(=O)C1c1ccc2cc(OCc3cccc([N+](=O)[O-])c3)ccc2c1. The van der Waals surface area contributed by atoms with E-state index in [9.17, 15) is 19.7 Å². The van der Waals surface area contributed by atoms with E-state index in [4.69, 9.17) is 4.74 Å². The second kappa shape index (κ2) is 7.48. The number of fused-ring (bicyclic) bond motifs is 1. The van der Waals surface area contributed by atoms with Gasteiger partial charge < -0.3 is 4.74 Å². The molecule has 1 aliphatic heterocycles. The second-order valence-electron chi connectivity index (χ2n) is 6.57. The highest BCUT2D eigenvalue weighted by atomic mass is 32.2. The third-order valence-electron chi connectivity index (χ3n) is 4.65. The van der Waals surface area contributed by atoms with Crippen molar-refractivity contribution in [3.63, 3.8) is 0 Å². The van der Waals surface area contributed by atoms with Gasteiger partial charge in [0, 0.05) is 12.1 Å². The number of nitro groups is 1.